The van der Waals surface area contributed by atoms with Gasteiger partial charge in [0.25, 0.3) is 0 Å². The fourth-order valence-corrected chi connectivity index (χ4v) is 3.35. The van der Waals surface area contributed by atoms with Crippen molar-refractivity contribution in [2.75, 3.05) is 0 Å². The highest BCUT2D eigenvalue weighted by Gasteiger charge is 2.07. The maximum atomic E-state index is 4.38. The molecule has 0 fully saturated rings. The van der Waals surface area contributed by atoms with Gasteiger partial charge in [0.2, 0.25) is 0 Å². The second kappa shape index (κ2) is 6.09. The first kappa shape index (κ1) is 13.2. The van der Waals surface area contributed by atoms with Crippen LogP contribution in [0.15, 0.2) is 38.7 Å². The summed E-state index contributed by atoms with van der Waals surface area (Å²) in [5.41, 5.74) is 1.02. The van der Waals surface area contributed by atoms with E-state index in [1.165, 1.54) is 4.88 Å². The van der Waals surface area contributed by atoms with Crippen molar-refractivity contribution in [3.8, 4) is 0 Å². The molecule has 0 unspecified atom stereocenters. The third kappa shape index (κ3) is 3.61. The van der Waals surface area contributed by atoms with Crippen LogP contribution in [0, 0.1) is 0 Å². The van der Waals surface area contributed by atoms with Crippen LogP contribution >= 0.6 is 43.2 Å². The number of hydrogen-bond acceptors (Lipinski definition) is 3. The summed E-state index contributed by atoms with van der Waals surface area (Å²) in [6.07, 6.45) is 1.82. The molecule has 0 spiro atoms. The van der Waals surface area contributed by atoms with Crippen LogP contribution < -0.4 is 5.32 Å². The molecule has 2 heterocycles. The topological polar surface area (TPSA) is 24.9 Å². The Labute approximate surface area is 122 Å². The molecular weight excluding hydrogens is 364 g/mol. The Balaban J connectivity index is 1.98. The van der Waals surface area contributed by atoms with E-state index < -0.39 is 0 Å². The molecule has 5 heteroatoms. The minimum Gasteiger partial charge on any atom is -0.304 e. The van der Waals surface area contributed by atoms with Gasteiger partial charge >= 0.3 is 0 Å². The molecule has 0 aromatic carbocycles. The van der Waals surface area contributed by atoms with Gasteiger partial charge in [0, 0.05) is 32.6 Å². The molecule has 0 saturated carbocycles. The van der Waals surface area contributed by atoms with Crippen LogP contribution in [0.5, 0.6) is 0 Å². The number of nitrogens with one attached hydrogen (secondary N) is 1. The fourth-order valence-electron chi connectivity index (χ4n) is 1.46. The maximum absolute atomic E-state index is 4.38. The van der Waals surface area contributed by atoms with Gasteiger partial charge in [-0.3, -0.25) is 4.98 Å². The Morgan fingerprint density at radius 2 is 2.29 bits per heavy atom. The maximum Gasteiger partial charge on any atom is 0.0684 e. The van der Waals surface area contributed by atoms with Crippen molar-refractivity contribution >= 4 is 43.2 Å². The number of thiophene rings is 1. The highest BCUT2D eigenvalue weighted by atomic mass is 79.9. The molecule has 90 valence electrons. The van der Waals surface area contributed by atoms with Gasteiger partial charge in [-0.15, -0.1) is 11.3 Å². The van der Waals surface area contributed by atoms with Gasteiger partial charge in [-0.1, -0.05) is 6.07 Å². The third-order valence-corrected chi connectivity index (χ3v) is 4.60. The van der Waals surface area contributed by atoms with E-state index in [0.29, 0.717) is 6.04 Å². The molecular formula is C12H12Br2N2S. The highest BCUT2D eigenvalue weighted by molar-refractivity contribution is 9.11. The van der Waals surface area contributed by atoms with Crippen molar-refractivity contribution in [1.29, 1.82) is 0 Å². The molecule has 2 aromatic heterocycles. The van der Waals surface area contributed by atoms with Crippen LogP contribution in [-0.4, -0.2) is 4.98 Å². The van der Waals surface area contributed by atoms with Gasteiger partial charge in [0.1, 0.15) is 0 Å². The van der Waals surface area contributed by atoms with Gasteiger partial charge in [0.05, 0.1) is 5.69 Å². The summed E-state index contributed by atoms with van der Waals surface area (Å²) in [6.45, 7) is 2.92. The van der Waals surface area contributed by atoms with Crippen LogP contribution in [0.1, 0.15) is 23.5 Å². The molecule has 17 heavy (non-hydrogen) atoms. The fraction of sp³-hybridized carbons (Fsp3) is 0.250. The van der Waals surface area contributed by atoms with E-state index in [9.17, 15) is 0 Å². The lowest BCUT2D eigenvalue weighted by Gasteiger charge is -2.12. The van der Waals surface area contributed by atoms with Crippen LogP contribution in [0.25, 0.3) is 0 Å². The first-order valence-electron chi connectivity index (χ1n) is 5.23. The monoisotopic (exact) mass is 374 g/mol. The number of aromatic nitrogens is 1. The summed E-state index contributed by atoms with van der Waals surface area (Å²) in [7, 11) is 0. The smallest absolute Gasteiger partial charge is 0.0684 e. The van der Waals surface area contributed by atoms with E-state index in [4.69, 9.17) is 0 Å². The minimum absolute atomic E-state index is 0.354. The van der Waals surface area contributed by atoms with Crippen LogP contribution in [0.4, 0.5) is 0 Å². The van der Waals surface area contributed by atoms with E-state index in [2.05, 4.69) is 66.6 Å². The molecule has 1 atom stereocenters. The molecule has 2 rings (SSSR count). The quantitative estimate of drug-likeness (QED) is 0.849. The molecule has 0 bridgehead atoms. The van der Waals surface area contributed by atoms with Crippen LogP contribution in [0.3, 0.4) is 0 Å². The summed E-state index contributed by atoms with van der Waals surface area (Å²) in [4.78, 5) is 5.72. The van der Waals surface area contributed by atoms with Crippen molar-refractivity contribution in [3.05, 3.63) is 49.3 Å². The van der Waals surface area contributed by atoms with Gasteiger partial charge in [-0.05, 0) is 56.3 Å². The lowest BCUT2D eigenvalue weighted by atomic mass is 10.2. The molecule has 0 aliphatic carbocycles. The molecule has 0 aliphatic heterocycles. The average Bonchev–Trinajstić information content (AvgIpc) is 2.81. The Hall–Kier alpha value is -0.230. The van der Waals surface area contributed by atoms with Gasteiger partial charge in [-0.25, -0.2) is 0 Å². The molecule has 2 nitrogen and oxygen atoms in total. The second-order valence-electron chi connectivity index (χ2n) is 3.70. The van der Waals surface area contributed by atoms with Crippen LogP contribution in [0.2, 0.25) is 0 Å². The molecule has 0 saturated heterocycles. The first-order valence-corrected chi connectivity index (χ1v) is 7.70. The van der Waals surface area contributed by atoms with Crippen molar-refractivity contribution in [3.63, 3.8) is 0 Å². The lowest BCUT2D eigenvalue weighted by Crippen LogP contribution is -2.18. The first-order chi connectivity index (χ1) is 8.16. The molecule has 0 radical (unpaired) electrons. The van der Waals surface area contributed by atoms with Crippen molar-refractivity contribution in [2.45, 2.75) is 19.5 Å². The van der Waals surface area contributed by atoms with Gasteiger partial charge < -0.3 is 5.32 Å². The second-order valence-corrected chi connectivity index (χ2v) is 6.45. The summed E-state index contributed by atoms with van der Waals surface area (Å²) >= 11 is 8.68. The number of rotatable bonds is 4. The van der Waals surface area contributed by atoms with E-state index in [1.807, 2.05) is 12.3 Å². The normalized spacial score (nSPS) is 12.6. The number of nitrogens with zero attached hydrogens (tertiary/aromatic N) is 1. The lowest BCUT2D eigenvalue weighted by molar-refractivity contribution is 0.574. The van der Waals surface area contributed by atoms with Crippen LogP contribution in [-0.2, 0) is 6.54 Å². The molecule has 0 aliphatic rings. The zero-order valence-electron chi connectivity index (χ0n) is 9.28. The summed E-state index contributed by atoms with van der Waals surface area (Å²) < 4.78 is 2.01. The van der Waals surface area contributed by atoms with Crippen molar-refractivity contribution in [1.82, 2.24) is 10.3 Å². The van der Waals surface area contributed by atoms with Crippen molar-refractivity contribution < 1.29 is 0 Å². The van der Waals surface area contributed by atoms with E-state index >= 15 is 0 Å². The Kier molecular flexibility index (Phi) is 4.73. The minimum atomic E-state index is 0.354. The van der Waals surface area contributed by atoms with E-state index in [0.717, 1.165) is 21.2 Å². The molecule has 2 aromatic rings. The van der Waals surface area contributed by atoms with Gasteiger partial charge in [-0.2, -0.15) is 0 Å². The number of halogens is 2. The summed E-state index contributed by atoms with van der Waals surface area (Å²) in [5.74, 6) is 0. The largest absolute Gasteiger partial charge is 0.304 e. The third-order valence-electron chi connectivity index (χ3n) is 2.43. The predicted molar refractivity (Wildman–Crippen MR) is 79.2 cm³/mol. The highest BCUT2D eigenvalue weighted by Crippen LogP contribution is 2.22. The van der Waals surface area contributed by atoms with Gasteiger partial charge in [0.15, 0.2) is 0 Å². The summed E-state index contributed by atoms with van der Waals surface area (Å²) in [6, 6.07) is 6.59. The predicted octanol–water partition coefficient (Wildman–Crippen LogP) is 4.52. The standard InChI is InChI=1S/C12H12Br2N2S/c1-8(12-3-2-4-17-12)15-7-11-10(14)5-9(13)6-16-11/h2-6,8,15H,7H2,1H3/t8-/m0/s1. The SMILES string of the molecule is C[C@H](NCc1ncc(Br)cc1Br)c1cccs1. The molecule has 1 N–H and O–H groups in total. The number of pyridine rings is 1. The number of hydrogen-bond donors (Lipinski definition) is 1. The van der Waals surface area contributed by atoms with E-state index in [1.54, 1.807) is 11.3 Å². The van der Waals surface area contributed by atoms with Crippen molar-refractivity contribution in [2.24, 2.45) is 0 Å². The molecule has 0 amide bonds. The average molecular weight is 376 g/mol. The Morgan fingerprint density at radius 1 is 1.47 bits per heavy atom. The zero-order chi connectivity index (χ0) is 12.3. The zero-order valence-corrected chi connectivity index (χ0v) is 13.3. The Bertz CT molecular complexity index is 485. The Morgan fingerprint density at radius 3 is 2.94 bits per heavy atom. The summed E-state index contributed by atoms with van der Waals surface area (Å²) in [5, 5.41) is 5.56. The van der Waals surface area contributed by atoms with E-state index in [-0.39, 0.29) is 0 Å².